The van der Waals surface area contributed by atoms with Gasteiger partial charge in [-0.3, -0.25) is 0 Å². The summed E-state index contributed by atoms with van der Waals surface area (Å²) in [6, 6.07) is 2.82. The van der Waals surface area contributed by atoms with Gasteiger partial charge in [0.1, 0.15) is 0 Å². The number of ether oxygens (including phenoxy) is 2. The third-order valence-electron chi connectivity index (χ3n) is 3.68. The van der Waals surface area contributed by atoms with Crippen LogP contribution in [0.25, 0.3) is 6.08 Å². The first-order valence-electron chi connectivity index (χ1n) is 8.57. The molecule has 1 aromatic rings. The van der Waals surface area contributed by atoms with E-state index < -0.39 is 17.8 Å². The summed E-state index contributed by atoms with van der Waals surface area (Å²) in [6.07, 6.45) is 8.83. The van der Waals surface area contributed by atoms with Crippen molar-refractivity contribution < 1.29 is 18.7 Å². The monoisotopic (exact) mass is 440 g/mol. The summed E-state index contributed by atoms with van der Waals surface area (Å²) in [5, 5.41) is 0. The highest BCUT2D eigenvalue weighted by molar-refractivity contribution is 7.64. The van der Waals surface area contributed by atoms with Gasteiger partial charge in [-0.05, 0) is 36.2 Å². The molecule has 1 rings (SSSR count). The minimum Gasteiger partial charge on any atom is -0.491 e. The summed E-state index contributed by atoms with van der Waals surface area (Å²) in [5.74, 6) is -0.721. The molecule has 0 spiro atoms. The molecule has 0 aliphatic rings. The van der Waals surface area contributed by atoms with Crippen molar-refractivity contribution in [1.29, 1.82) is 0 Å². The van der Waals surface area contributed by atoms with E-state index in [1.165, 1.54) is 25.3 Å². The Kier molecular flexibility index (Phi) is 11.3. The van der Waals surface area contributed by atoms with E-state index in [9.17, 15) is 9.18 Å². The molecule has 0 aromatic heterocycles. The smallest absolute Gasteiger partial charge is 0.341 e. The van der Waals surface area contributed by atoms with Crippen LogP contribution >= 0.6 is 33.2 Å². The third-order valence-corrected chi connectivity index (χ3v) is 6.30. The number of unbranched alkanes of at least 4 members (excludes halogenated alkanes) is 5. The fourth-order valence-corrected chi connectivity index (χ4v) is 4.14. The summed E-state index contributed by atoms with van der Waals surface area (Å²) in [4.78, 5) is 11.0. The standard InChI is InChI=1S/C18H24Cl3FO3Si/c1-24-18(23)11-9-15-8-10-17(16(22)14-15)25-12-6-4-2-3-5-7-13-26(19,20)21/h8-11,14H,2-7,12-13H2,1H3. The van der Waals surface area contributed by atoms with Gasteiger partial charge in [-0.1, -0.05) is 38.2 Å². The van der Waals surface area contributed by atoms with Gasteiger partial charge in [0, 0.05) is 6.08 Å². The van der Waals surface area contributed by atoms with Gasteiger partial charge in [0.15, 0.2) is 11.6 Å². The second kappa shape index (κ2) is 12.6. The zero-order valence-corrected chi connectivity index (χ0v) is 18.0. The van der Waals surface area contributed by atoms with Crippen molar-refractivity contribution in [2.45, 2.75) is 44.6 Å². The predicted molar refractivity (Wildman–Crippen MR) is 109 cm³/mol. The van der Waals surface area contributed by atoms with Crippen LogP contribution in [0.1, 0.15) is 44.1 Å². The SMILES string of the molecule is COC(=O)C=Cc1ccc(OCCCCCCCC[Si](Cl)(Cl)Cl)c(F)c1. The third kappa shape index (κ3) is 11.1. The Morgan fingerprint density at radius 3 is 2.38 bits per heavy atom. The molecule has 146 valence electrons. The molecule has 26 heavy (non-hydrogen) atoms. The van der Waals surface area contributed by atoms with Crippen molar-refractivity contribution >= 4 is 51.3 Å². The minimum absolute atomic E-state index is 0.216. The first-order chi connectivity index (χ1) is 12.3. The van der Waals surface area contributed by atoms with Gasteiger partial charge in [0.2, 0.25) is 0 Å². The van der Waals surface area contributed by atoms with E-state index in [1.54, 1.807) is 12.1 Å². The van der Waals surface area contributed by atoms with E-state index in [1.807, 2.05) is 0 Å². The van der Waals surface area contributed by atoms with Crippen molar-refractivity contribution in [3.05, 3.63) is 35.7 Å². The Morgan fingerprint density at radius 2 is 1.77 bits per heavy atom. The lowest BCUT2D eigenvalue weighted by Crippen LogP contribution is -2.07. The fourth-order valence-electron chi connectivity index (χ4n) is 2.29. The van der Waals surface area contributed by atoms with Gasteiger partial charge in [-0.2, -0.15) is 0 Å². The molecule has 0 saturated carbocycles. The molecule has 1 aromatic carbocycles. The lowest BCUT2D eigenvalue weighted by Gasteiger charge is -2.08. The summed E-state index contributed by atoms with van der Waals surface area (Å²) < 4.78 is 23.9. The van der Waals surface area contributed by atoms with Crippen molar-refractivity contribution in [2.75, 3.05) is 13.7 Å². The molecule has 0 heterocycles. The Balaban J connectivity index is 2.19. The lowest BCUT2D eigenvalue weighted by atomic mass is 10.1. The number of rotatable bonds is 12. The molecule has 3 nitrogen and oxygen atoms in total. The zero-order chi connectivity index (χ0) is 19.4. The van der Waals surface area contributed by atoms with Gasteiger partial charge in [-0.25, -0.2) is 9.18 Å². The molecule has 0 unspecified atom stereocenters. The van der Waals surface area contributed by atoms with Crippen LogP contribution in [0.15, 0.2) is 24.3 Å². The normalized spacial score (nSPS) is 11.7. The number of hydrogen-bond donors (Lipinski definition) is 0. The van der Waals surface area contributed by atoms with Crippen molar-refractivity contribution in [3.8, 4) is 5.75 Å². The summed E-state index contributed by atoms with van der Waals surface area (Å²) in [7, 11) is 1.29. The van der Waals surface area contributed by atoms with Crippen LogP contribution in [-0.4, -0.2) is 25.7 Å². The fraction of sp³-hybridized carbons (Fsp3) is 0.500. The van der Waals surface area contributed by atoms with E-state index in [4.69, 9.17) is 38.0 Å². The van der Waals surface area contributed by atoms with E-state index in [0.717, 1.165) is 38.5 Å². The summed E-state index contributed by atoms with van der Waals surface area (Å²) in [5.41, 5.74) is 0.568. The number of halogens is 4. The average Bonchev–Trinajstić information content (AvgIpc) is 2.58. The van der Waals surface area contributed by atoms with E-state index in [0.29, 0.717) is 18.2 Å². The number of carbonyl (C=O) groups excluding carboxylic acids is 1. The van der Waals surface area contributed by atoms with Crippen LogP contribution in [0.5, 0.6) is 5.75 Å². The second-order valence-corrected chi connectivity index (χ2v) is 15.2. The quantitative estimate of drug-likeness (QED) is 0.124. The van der Waals surface area contributed by atoms with E-state index in [2.05, 4.69) is 4.74 Å². The van der Waals surface area contributed by atoms with Crippen molar-refractivity contribution in [2.24, 2.45) is 0 Å². The number of hydrogen-bond acceptors (Lipinski definition) is 3. The number of methoxy groups -OCH3 is 1. The van der Waals surface area contributed by atoms with Gasteiger partial charge < -0.3 is 9.47 Å². The van der Waals surface area contributed by atoms with Crippen molar-refractivity contribution in [3.63, 3.8) is 0 Å². The first-order valence-corrected chi connectivity index (χ1v) is 13.8. The summed E-state index contributed by atoms with van der Waals surface area (Å²) in [6.45, 7) is 0.468. The van der Waals surface area contributed by atoms with Crippen LogP contribution in [0.4, 0.5) is 4.39 Å². The largest absolute Gasteiger partial charge is 0.491 e. The molecular formula is C18H24Cl3FO3Si. The van der Waals surface area contributed by atoms with E-state index >= 15 is 0 Å². The molecule has 0 aliphatic carbocycles. The van der Waals surface area contributed by atoms with Crippen molar-refractivity contribution in [1.82, 2.24) is 0 Å². The van der Waals surface area contributed by atoms with Crippen LogP contribution in [0.2, 0.25) is 6.04 Å². The van der Waals surface area contributed by atoms with Gasteiger partial charge in [0.25, 0.3) is 0 Å². The maximum atomic E-state index is 14.0. The van der Waals surface area contributed by atoms with Gasteiger partial charge >= 0.3 is 12.0 Å². The second-order valence-electron chi connectivity index (χ2n) is 5.88. The van der Waals surface area contributed by atoms with E-state index in [-0.39, 0.29) is 5.75 Å². The molecule has 0 atom stereocenters. The maximum Gasteiger partial charge on any atom is 0.341 e. The highest BCUT2D eigenvalue weighted by Gasteiger charge is 2.23. The average molecular weight is 442 g/mol. The Labute approximate surface area is 169 Å². The minimum atomic E-state index is -2.46. The predicted octanol–water partition coefficient (Wildman–Crippen LogP) is 6.39. The number of carbonyl (C=O) groups is 1. The molecule has 0 radical (unpaired) electrons. The molecule has 0 N–H and O–H groups in total. The molecule has 0 amide bonds. The molecule has 8 heteroatoms. The molecular weight excluding hydrogens is 418 g/mol. The Hall–Kier alpha value is -0.753. The molecule has 0 bridgehead atoms. The number of benzene rings is 1. The molecule has 0 saturated heterocycles. The zero-order valence-electron chi connectivity index (χ0n) is 14.8. The van der Waals surface area contributed by atoms with Crippen LogP contribution in [-0.2, 0) is 9.53 Å². The highest BCUT2D eigenvalue weighted by atomic mass is 35.8. The summed E-state index contributed by atoms with van der Waals surface area (Å²) >= 11 is 17.5. The van der Waals surface area contributed by atoms with Crippen LogP contribution < -0.4 is 4.74 Å². The van der Waals surface area contributed by atoms with Crippen LogP contribution in [0, 0.1) is 5.82 Å². The Morgan fingerprint density at radius 1 is 1.12 bits per heavy atom. The van der Waals surface area contributed by atoms with Gasteiger partial charge in [-0.15, -0.1) is 33.2 Å². The van der Waals surface area contributed by atoms with Crippen LogP contribution in [0.3, 0.4) is 0 Å². The molecule has 0 aliphatic heterocycles. The topological polar surface area (TPSA) is 35.5 Å². The highest BCUT2D eigenvalue weighted by Crippen LogP contribution is 2.27. The first kappa shape index (κ1) is 23.3. The Bertz CT molecular complexity index is 592. The molecule has 0 fully saturated rings. The maximum absolute atomic E-state index is 14.0. The van der Waals surface area contributed by atoms with Gasteiger partial charge in [0.05, 0.1) is 13.7 Å². The lowest BCUT2D eigenvalue weighted by molar-refractivity contribution is -0.134. The number of esters is 1.